The van der Waals surface area contributed by atoms with Crippen LogP contribution < -0.4 is 11.1 Å². The Bertz CT molecular complexity index is 337. The molecule has 84 valence electrons. The summed E-state index contributed by atoms with van der Waals surface area (Å²) in [6.45, 7) is 6.26. The lowest BCUT2D eigenvalue weighted by molar-refractivity contribution is 0.0944. The number of rotatable bonds is 4. The summed E-state index contributed by atoms with van der Waals surface area (Å²) in [5, 5.41) is 6.74. The van der Waals surface area contributed by atoms with Crippen LogP contribution in [0.5, 0.6) is 0 Å². The SMILES string of the molecule is CC(CN)NC(=O)c1snnc1C(C)C. The standard InChI is InChI=1S/C9H16N4OS/c1-5(2)7-8(15-13-12-7)9(14)11-6(3)4-10/h5-6H,4,10H2,1-3H3,(H,11,14). The molecular weight excluding hydrogens is 212 g/mol. The van der Waals surface area contributed by atoms with Crippen LogP contribution in [-0.4, -0.2) is 28.1 Å². The van der Waals surface area contributed by atoms with Crippen LogP contribution in [-0.2, 0) is 0 Å². The van der Waals surface area contributed by atoms with Gasteiger partial charge < -0.3 is 11.1 Å². The minimum atomic E-state index is -0.133. The molecule has 0 fully saturated rings. The molecule has 1 heterocycles. The topological polar surface area (TPSA) is 80.9 Å². The molecular formula is C9H16N4OS. The van der Waals surface area contributed by atoms with Gasteiger partial charge in [-0.2, -0.15) is 0 Å². The maximum absolute atomic E-state index is 11.8. The zero-order valence-corrected chi connectivity index (χ0v) is 9.97. The van der Waals surface area contributed by atoms with Crippen molar-refractivity contribution >= 4 is 17.4 Å². The quantitative estimate of drug-likeness (QED) is 0.796. The van der Waals surface area contributed by atoms with Crippen LogP contribution in [0.4, 0.5) is 0 Å². The number of carbonyl (C=O) groups is 1. The van der Waals surface area contributed by atoms with Gasteiger partial charge in [-0.05, 0) is 24.4 Å². The predicted molar refractivity (Wildman–Crippen MR) is 60.0 cm³/mol. The van der Waals surface area contributed by atoms with Crippen LogP contribution in [0.1, 0.15) is 42.1 Å². The Morgan fingerprint density at radius 2 is 2.20 bits per heavy atom. The molecule has 0 radical (unpaired) electrons. The zero-order valence-electron chi connectivity index (χ0n) is 9.15. The van der Waals surface area contributed by atoms with E-state index in [2.05, 4.69) is 14.9 Å². The summed E-state index contributed by atoms with van der Waals surface area (Å²) in [6, 6.07) is -0.0281. The molecule has 0 aliphatic rings. The summed E-state index contributed by atoms with van der Waals surface area (Å²) in [6.07, 6.45) is 0. The number of nitrogens with two attached hydrogens (primary N) is 1. The first-order valence-corrected chi connectivity index (χ1v) is 5.66. The summed E-state index contributed by atoms with van der Waals surface area (Å²) >= 11 is 1.12. The summed E-state index contributed by atoms with van der Waals surface area (Å²) < 4.78 is 3.80. The second-order valence-electron chi connectivity index (χ2n) is 3.75. The Morgan fingerprint density at radius 3 is 2.73 bits per heavy atom. The van der Waals surface area contributed by atoms with E-state index in [1.807, 2.05) is 20.8 Å². The van der Waals surface area contributed by atoms with Crippen molar-refractivity contribution in [2.24, 2.45) is 5.73 Å². The van der Waals surface area contributed by atoms with Crippen molar-refractivity contribution in [1.29, 1.82) is 0 Å². The molecule has 0 saturated heterocycles. The number of aromatic nitrogens is 2. The van der Waals surface area contributed by atoms with Crippen LogP contribution in [0.25, 0.3) is 0 Å². The molecule has 1 unspecified atom stereocenters. The van der Waals surface area contributed by atoms with E-state index in [4.69, 9.17) is 5.73 Å². The third kappa shape index (κ3) is 2.97. The highest BCUT2D eigenvalue weighted by Crippen LogP contribution is 2.19. The summed E-state index contributed by atoms with van der Waals surface area (Å²) in [4.78, 5) is 12.4. The fourth-order valence-electron chi connectivity index (χ4n) is 1.08. The maximum atomic E-state index is 11.8. The molecule has 3 N–H and O–H groups in total. The lowest BCUT2D eigenvalue weighted by Gasteiger charge is -2.10. The molecule has 1 aromatic rings. The average Bonchev–Trinajstić information content (AvgIpc) is 2.65. The van der Waals surface area contributed by atoms with Gasteiger partial charge in [-0.1, -0.05) is 18.3 Å². The fraction of sp³-hybridized carbons (Fsp3) is 0.667. The molecule has 1 amide bonds. The first-order valence-electron chi connectivity index (χ1n) is 4.89. The Morgan fingerprint density at radius 1 is 1.53 bits per heavy atom. The molecule has 1 aromatic heterocycles. The van der Waals surface area contributed by atoms with Crippen LogP contribution in [0.2, 0.25) is 0 Å². The van der Waals surface area contributed by atoms with E-state index >= 15 is 0 Å². The van der Waals surface area contributed by atoms with E-state index in [9.17, 15) is 4.79 Å². The Kier molecular flexibility index (Phi) is 4.16. The van der Waals surface area contributed by atoms with Crippen LogP contribution in [0.15, 0.2) is 0 Å². The number of nitrogens with one attached hydrogen (secondary N) is 1. The van der Waals surface area contributed by atoms with Crippen molar-refractivity contribution in [1.82, 2.24) is 14.9 Å². The van der Waals surface area contributed by atoms with Crippen molar-refractivity contribution in [3.63, 3.8) is 0 Å². The highest BCUT2D eigenvalue weighted by Gasteiger charge is 2.19. The second-order valence-corrected chi connectivity index (χ2v) is 4.51. The first kappa shape index (κ1) is 12.1. The molecule has 0 spiro atoms. The van der Waals surface area contributed by atoms with E-state index in [1.165, 1.54) is 0 Å². The van der Waals surface area contributed by atoms with Gasteiger partial charge >= 0.3 is 0 Å². The van der Waals surface area contributed by atoms with Crippen molar-refractivity contribution < 1.29 is 4.79 Å². The molecule has 0 aliphatic carbocycles. The summed E-state index contributed by atoms with van der Waals surface area (Å²) in [5.41, 5.74) is 6.18. The van der Waals surface area contributed by atoms with Crippen molar-refractivity contribution in [2.45, 2.75) is 32.7 Å². The minimum Gasteiger partial charge on any atom is -0.348 e. The Balaban J connectivity index is 2.77. The Hall–Kier alpha value is -1.01. The largest absolute Gasteiger partial charge is 0.348 e. The third-order valence-corrected chi connectivity index (χ3v) is 2.74. The van der Waals surface area contributed by atoms with Crippen LogP contribution >= 0.6 is 11.5 Å². The van der Waals surface area contributed by atoms with E-state index in [0.29, 0.717) is 11.4 Å². The summed E-state index contributed by atoms with van der Waals surface area (Å²) in [7, 11) is 0. The Labute approximate surface area is 93.2 Å². The number of amides is 1. The first-order chi connectivity index (χ1) is 7.06. The lowest BCUT2D eigenvalue weighted by Crippen LogP contribution is -2.37. The molecule has 0 aliphatic heterocycles. The molecule has 1 atom stereocenters. The average molecular weight is 228 g/mol. The van der Waals surface area contributed by atoms with E-state index < -0.39 is 0 Å². The van der Waals surface area contributed by atoms with E-state index in [-0.39, 0.29) is 17.9 Å². The van der Waals surface area contributed by atoms with Gasteiger partial charge in [-0.15, -0.1) is 5.10 Å². The molecule has 5 nitrogen and oxygen atoms in total. The van der Waals surface area contributed by atoms with Gasteiger partial charge in [0.25, 0.3) is 5.91 Å². The number of carbonyl (C=O) groups excluding carboxylic acids is 1. The monoisotopic (exact) mass is 228 g/mol. The number of nitrogens with zero attached hydrogens (tertiary/aromatic N) is 2. The summed E-state index contributed by atoms with van der Waals surface area (Å²) in [5.74, 6) is 0.0735. The molecule has 6 heteroatoms. The van der Waals surface area contributed by atoms with Crippen molar-refractivity contribution in [3.05, 3.63) is 10.6 Å². The molecule has 15 heavy (non-hydrogen) atoms. The van der Waals surface area contributed by atoms with Gasteiger partial charge in [0, 0.05) is 12.6 Å². The highest BCUT2D eigenvalue weighted by molar-refractivity contribution is 7.08. The maximum Gasteiger partial charge on any atom is 0.265 e. The van der Waals surface area contributed by atoms with Crippen LogP contribution in [0.3, 0.4) is 0 Å². The van der Waals surface area contributed by atoms with Gasteiger partial charge in [-0.25, -0.2) is 0 Å². The fourth-order valence-corrected chi connectivity index (χ4v) is 1.80. The normalized spacial score (nSPS) is 12.9. The second kappa shape index (κ2) is 5.18. The van der Waals surface area contributed by atoms with Gasteiger partial charge in [-0.3, -0.25) is 4.79 Å². The van der Waals surface area contributed by atoms with E-state index in [1.54, 1.807) is 0 Å². The van der Waals surface area contributed by atoms with E-state index in [0.717, 1.165) is 17.2 Å². The zero-order chi connectivity index (χ0) is 11.4. The lowest BCUT2D eigenvalue weighted by atomic mass is 10.1. The van der Waals surface area contributed by atoms with Gasteiger partial charge in [0.2, 0.25) is 0 Å². The molecule has 0 bridgehead atoms. The predicted octanol–water partition coefficient (Wildman–Crippen LogP) is 0.738. The molecule has 0 aromatic carbocycles. The number of hydrogen-bond donors (Lipinski definition) is 2. The highest BCUT2D eigenvalue weighted by atomic mass is 32.1. The molecule has 1 rings (SSSR count). The smallest absolute Gasteiger partial charge is 0.265 e. The van der Waals surface area contributed by atoms with Crippen molar-refractivity contribution in [2.75, 3.05) is 6.54 Å². The minimum absolute atomic E-state index is 0.0281. The third-order valence-electron chi connectivity index (χ3n) is 2.00. The van der Waals surface area contributed by atoms with Crippen LogP contribution in [0, 0.1) is 0 Å². The van der Waals surface area contributed by atoms with Gasteiger partial charge in [0.05, 0.1) is 5.69 Å². The molecule has 0 saturated carbocycles. The number of hydrogen-bond acceptors (Lipinski definition) is 5. The van der Waals surface area contributed by atoms with Gasteiger partial charge in [0.1, 0.15) is 4.88 Å². The van der Waals surface area contributed by atoms with Gasteiger partial charge in [0.15, 0.2) is 0 Å². The van der Waals surface area contributed by atoms with Crippen molar-refractivity contribution in [3.8, 4) is 0 Å².